The second-order valence-corrected chi connectivity index (χ2v) is 7.35. The van der Waals surface area contributed by atoms with Gasteiger partial charge in [-0.15, -0.1) is 0 Å². The molecule has 3 aromatic rings. The molecule has 0 spiro atoms. The third-order valence-electron chi connectivity index (χ3n) is 3.86. The number of anilines is 2. The molecular weight excluding hydrogens is 336 g/mol. The summed E-state index contributed by atoms with van der Waals surface area (Å²) >= 11 is 0. The fourth-order valence-corrected chi connectivity index (χ4v) is 2.67. The maximum Gasteiger partial charge on any atom is 0.277 e. The monoisotopic (exact) mass is 360 g/mol. The van der Waals surface area contributed by atoms with Crippen LogP contribution >= 0.6 is 0 Å². The largest absolute Gasteiger partial charge is 0.350 e. The van der Waals surface area contributed by atoms with Crippen molar-refractivity contribution >= 4 is 17.5 Å². The van der Waals surface area contributed by atoms with E-state index >= 15 is 0 Å². The van der Waals surface area contributed by atoms with Gasteiger partial charge in [0.25, 0.3) is 5.91 Å². The molecule has 0 aliphatic carbocycles. The Labute approximate surface area is 160 Å². The van der Waals surface area contributed by atoms with E-state index in [1.54, 1.807) is 17.2 Å². The highest BCUT2D eigenvalue weighted by Gasteiger charge is 2.21. The maximum absolute atomic E-state index is 13.3. The number of nitrogens with one attached hydrogen (secondary N) is 1. The highest BCUT2D eigenvalue weighted by Crippen LogP contribution is 2.20. The van der Waals surface area contributed by atoms with E-state index in [0.717, 1.165) is 11.3 Å². The molecule has 138 valence electrons. The summed E-state index contributed by atoms with van der Waals surface area (Å²) in [4.78, 5) is 23.7. The van der Waals surface area contributed by atoms with Gasteiger partial charge in [-0.25, -0.2) is 9.97 Å². The number of hydrogen-bond acceptors (Lipinski definition) is 4. The number of nitrogens with zero attached hydrogens (tertiary/aromatic N) is 3. The van der Waals surface area contributed by atoms with E-state index in [1.165, 1.54) is 0 Å². The first kappa shape index (κ1) is 18.6. The van der Waals surface area contributed by atoms with Crippen molar-refractivity contribution in [3.8, 4) is 0 Å². The molecule has 0 fully saturated rings. The van der Waals surface area contributed by atoms with Crippen LogP contribution in [0.1, 0.15) is 36.8 Å². The Bertz CT molecular complexity index is 889. The third kappa shape index (κ3) is 5.14. The first-order chi connectivity index (χ1) is 12.9. The van der Waals surface area contributed by atoms with E-state index < -0.39 is 0 Å². The summed E-state index contributed by atoms with van der Waals surface area (Å²) in [5.41, 5.74) is 2.05. The minimum Gasteiger partial charge on any atom is -0.350 e. The van der Waals surface area contributed by atoms with E-state index in [4.69, 9.17) is 0 Å². The lowest BCUT2D eigenvalue weighted by atomic mass is 10.1. The van der Waals surface area contributed by atoms with Crippen molar-refractivity contribution < 1.29 is 4.79 Å². The summed E-state index contributed by atoms with van der Waals surface area (Å²) in [7, 11) is 0. The molecule has 1 aromatic heterocycles. The summed E-state index contributed by atoms with van der Waals surface area (Å²) in [5.74, 6) is 0.283. The van der Waals surface area contributed by atoms with Crippen molar-refractivity contribution in [1.82, 2.24) is 9.97 Å². The number of aromatic nitrogens is 2. The predicted molar refractivity (Wildman–Crippen MR) is 109 cm³/mol. The van der Waals surface area contributed by atoms with E-state index in [0.29, 0.717) is 18.2 Å². The standard InChI is InChI=1S/C22H24N4O/c1-22(2,3)25-21-23-15-14-19(24-21)20(27)26(18-12-8-5-9-13-18)16-17-10-6-4-7-11-17/h4-15H,16H2,1-3H3,(H,23,24,25). The first-order valence-corrected chi connectivity index (χ1v) is 8.94. The predicted octanol–water partition coefficient (Wildman–Crippen LogP) is 4.53. The van der Waals surface area contributed by atoms with Crippen LogP contribution in [-0.2, 0) is 6.54 Å². The smallest absolute Gasteiger partial charge is 0.277 e. The number of rotatable bonds is 5. The number of benzene rings is 2. The zero-order valence-electron chi connectivity index (χ0n) is 15.9. The van der Waals surface area contributed by atoms with Gasteiger partial charge in [0, 0.05) is 17.4 Å². The van der Waals surface area contributed by atoms with Crippen LogP contribution in [0.5, 0.6) is 0 Å². The van der Waals surface area contributed by atoms with Crippen molar-refractivity contribution in [1.29, 1.82) is 0 Å². The van der Waals surface area contributed by atoms with Crippen LogP contribution in [0, 0.1) is 0 Å². The highest BCUT2D eigenvalue weighted by atomic mass is 16.2. The summed E-state index contributed by atoms with van der Waals surface area (Å²) in [6.07, 6.45) is 1.61. The zero-order chi connectivity index (χ0) is 19.3. The molecule has 3 rings (SSSR count). The normalized spacial score (nSPS) is 11.1. The molecule has 1 amide bonds. The lowest BCUT2D eigenvalue weighted by molar-refractivity contribution is 0.0980. The van der Waals surface area contributed by atoms with E-state index in [2.05, 4.69) is 15.3 Å². The summed E-state index contributed by atoms with van der Waals surface area (Å²) in [6, 6.07) is 21.2. The maximum atomic E-state index is 13.3. The summed E-state index contributed by atoms with van der Waals surface area (Å²) < 4.78 is 0. The van der Waals surface area contributed by atoms with Crippen molar-refractivity contribution in [2.75, 3.05) is 10.2 Å². The lowest BCUT2D eigenvalue weighted by Crippen LogP contribution is -2.32. The summed E-state index contributed by atoms with van der Waals surface area (Å²) in [5, 5.41) is 3.21. The number of carbonyl (C=O) groups excluding carboxylic acids is 1. The molecule has 0 unspecified atom stereocenters. The highest BCUT2D eigenvalue weighted by molar-refractivity contribution is 6.04. The Balaban J connectivity index is 1.92. The van der Waals surface area contributed by atoms with Gasteiger partial charge >= 0.3 is 0 Å². The third-order valence-corrected chi connectivity index (χ3v) is 3.86. The van der Waals surface area contributed by atoms with Crippen LogP contribution in [-0.4, -0.2) is 21.4 Å². The van der Waals surface area contributed by atoms with Gasteiger partial charge in [-0.1, -0.05) is 48.5 Å². The molecule has 0 atom stereocenters. The number of hydrogen-bond donors (Lipinski definition) is 1. The molecule has 0 saturated carbocycles. The van der Waals surface area contributed by atoms with Gasteiger partial charge in [-0.2, -0.15) is 0 Å². The average molecular weight is 360 g/mol. The van der Waals surface area contributed by atoms with Crippen LogP contribution < -0.4 is 10.2 Å². The van der Waals surface area contributed by atoms with Crippen LogP contribution in [0.4, 0.5) is 11.6 Å². The van der Waals surface area contributed by atoms with Gasteiger partial charge in [0.05, 0.1) is 6.54 Å². The van der Waals surface area contributed by atoms with Gasteiger partial charge in [-0.05, 0) is 44.5 Å². The SMILES string of the molecule is CC(C)(C)Nc1nccc(C(=O)N(Cc2ccccc2)c2ccccc2)n1. The number of carbonyl (C=O) groups is 1. The Morgan fingerprint density at radius 1 is 0.963 bits per heavy atom. The number of amides is 1. The topological polar surface area (TPSA) is 58.1 Å². The Morgan fingerprint density at radius 3 is 2.22 bits per heavy atom. The van der Waals surface area contributed by atoms with Crippen LogP contribution in [0.15, 0.2) is 72.9 Å². The Kier molecular flexibility index (Phi) is 5.50. The van der Waals surface area contributed by atoms with Gasteiger partial charge < -0.3 is 10.2 Å². The average Bonchev–Trinajstić information content (AvgIpc) is 2.66. The molecule has 1 N–H and O–H groups in total. The van der Waals surface area contributed by atoms with E-state index in [-0.39, 0.29) is 11.4 Å². The van der Waals surface area contributed by atoms with Gasteiger partial charge in [0.1, 0.15) is 5.69 Å². The van der Waals surface area contributed by atoms with Crippen LogP contribution in [0.2, 0.25) is 0 Å². The van der Waals surface area contributed by atoms with E-state index in [1.807, 2.05) is 81.4 Å². The molecule has 0 aliphatic rings. The van der Waals surface area contributed by atoms with Gasteiger partial charge in [0.15, 0.2) is 0 Å². The molecular formula is C22H24N4O. The molecule has 1 heterocycles. The molecule has 5 nitrogen and oxygen atoms in total. The Morgan fingerprint density at radius 2 is 1.59 bits per heavy atom. The second-order valence-electron chi connectivity index (χ2n) is 7.35. The zero-order valence-corrected chi connectivity index (χ0v) is 15.9. The fourth-order valence-electron chi connectivity index (χ4n) is 2.67. The van der Waals surface area contributed by atoms with Crippen molar-refractivity contribution in [2.45, 2.75) is 32.9 Å². The Hall–Kier alpha value is -3.21. The molecule has 2 aromatic carbocycles. The molecule has 0 radical (unpaired) electrons. The number of para-hydroxylation sites is 1. The van der Waals surface area contributed by atoms with Crippen molar-refractivity contribution in [3.63, 3.8) is 0 Å². The van der Waals surface area contributed by atoms with Gasteiger partial charge in [0.2, 0.25) is 5.95 Å². The van der Waals surface area contributed by atoms with E-state index in [9.17, 15) is 4.79 Å². The molecule has 5 heteroatoms. The molecule has 0 bridgehead atoms. The van der Waals surface area contributed by atoms with Crippen LogP contribution in [0.3, 0.4) is 0 Å². The van der Waals surface area contributed by atoms with Crippen molar-refractivity contribution in [2.24, 2.45) is 0 Å². The second kappa shape index (κ2) is 7.99. The molecule has 0 saturated heterocycles. The quantitative estimate of drug-likeness (QED) is 0.726. The lowest BCUT2D eigenvalue weighted by Gasteiger charge is -2.24. The van der Waals surface area contributed by atoms with Crippen molar-refractivity contribution in [3.05, 3.63) is 84.2 Å². The molecule has 27 heavy (non-hydrogen) atoms. The fraction of sp³-hybridized carbons (Fsp3) is 0.227. The minimum atomic E-state index is -0.190. The van der Waals surface area contributed by atoms with Crippen LogP contribution in [0.25, 0.3) is 0 Å². The van der Waals surface area contributed by atoms with Gasteiger partial charge in [-0.3, -0.25) is 4.79 Å². The summed E-state index contributed by atoms with van der Waals surface area (Å²) in [6.45, 7) is 6.54. The molecule has 0 aliphatic heterocycles. The first-order valence-electron chi connectivity index (χ1n) is 8.94. The minimum absolute atomic E-state index is 0.163.